The maximum absolute atomic E-state index is 12.6. The van der Waals surface area contributed by atoms with Gasteiger partial charge < -0.3 is 15.0 Å². The third-order valence-corrected chi connectivity index (χ3v) is 6.89. The summed E-state index contributed by atoms with van der Waals surface area (Å²) in [5.74, 6) is 0.0930. The predicted molar refractivity (Wildman–Crippen MR) is 117 cm³/mol. The van der Waals surface area contributed by atoms with Crippen molar-refractivity contribution in [3.05, 3.63) is 16.5 Å². The van der Waals surface area contributed by atoms with Gasteiger partial charge in [0.15, 0.2) is 0 Å². The van der Waals surface area contributed by atoms with E-state index in [2.05, 4.69) is 34.0 Å². The molecule has 7 nitrogen and oxygen atoms in total. The van der Waals surface area contributed by atoms with Gasteiger partial charge in [-0.2, -0.15) is 0 Å². The third-order valence-electron chi connectivity index (χ3n) is 5.92. The van der Waals surface area contributed by atoms with E-state index in [1.54, 1.807) is 13.0 Å². The molecule has 0 spiro atoms. The van der Waals surface area contributed by atoms with E-state index >= 15 is 0 Å². The average molecular weight is 423 g/mol. The number of hydrogen-bond acceptors (Lipinski definition) is 7. The van der Waals surface area contributed by atoms with Gasteiger partial charge in [-0.05, 0) is 39.3 Å². The summed E-state index contributed by atoms with van der Waals surface area (Å²) < 4.78 is 5.10. The quantitative estimate of drug-likeness (QED) is 0.709. The van der Waals surface area contributed by atoms with Crippen molar-refractivity contribution in [2.75, 3.05) is 64.8 Å². The number of likely N-dealkylation sites (N-methyl/N-ethyl adjacent to an activating group) is 1. The molecule has 8 heteroatoms. The van der Waals surface area contributed by atoms with Crippen LogP contribution in [-0.2, 0) is 9.53 Å². The zero-order chi connectivity index (χ0) is 21.0. The number of esters is 1. The molecule has 1 amide bonds. The van der Waals surface area contributed by atoms with Crippen molar-refractivity contribution < 1.29 is 14.3 Å². The van der Waals surface area contributed by atoms with Crippen LogP contribution in [0, 0.1) is 12.8 Å². The summed E-state index contributed by atoms with van der Waals surface area (Å²) in [5.41, 5.74) is 0.449. The minimum Gasteiger partial charge on any atom is -0.462 e. The van der Waals surface area contributed by atoms with Crippen LogP contribution in [0.4, 0.5) is 5.00 Å². The number of rotatable bonds is 6. The van der Waals surface area contributed by atoms with Crippen molar-refractivity contribution in [2.24, 2.45) is 5.92 Å². The number of likely N-dealkylation sites (tertiary alicyclic amines) is 1. The highest BCUT2D eigenvalue weighted by Gasteiger charge is 2.32. The topological polar surface area (TPSA) is 65.1 Å². The zero-order valence-corrected chi connectivity index (χ0v) is 18.9. The molecule has 2 atom stereocenters. The first-order chi connectivity index (χ1) is 13.9. The number of amides is 1. The lowest BCUT2D eigenvalue weighted by Crippen LogP contribution is -2.56. The van der Waals surface area contributed by atoms with E-state index in [1.165, 1.54) is 11.3 Å². The number of carbonyl (C=O) groups excluding carboxylic acids is 2. The van der Waals surface area contributed by atoms with E-state index in [0.717, 1.165) is 50.6 Å². The summed E-state index contributed by atoms with van der Waals surface area (Å²) in [6.45, 7) is 13.1. The number of thiophene rings is 1. The number of nitrogens with zero attached hydrogens (tertiary/aromatic N) is 3. The van der Waals surface area contributed by atoms with E-state index < -0.39 is 0 Å². The van der Waals surface area contributed by atoms with E-state index in [9.17, 15) is 9.59 Å². The Kier molecular flexibility index (Phi) is 7.67. The van der Waals surface area contributed by atoms with Gasteiger partial charge in [0.25, 0.3) is 0 Å². The van der Waals surface area contributed by atoms with Gasteiger partial charge in [0.05, 0.1) is 18.7 Å². The fourth-order valence-electron chi connectivity index (χ4n) is 4.40. The fraction of sp³-hybridized carbons (Fsp3) is 0.714. The fourth-order valence-corrected chi connectivity index (χ4v) is 5.31. The predicted octanol–water partition coefficient (Wildman–Crippen LogP) is 2.13. The normalized spacial score (nSPS) is 24.4. The number of aryl methyl sites for hydroxylation is 1. The van der Waals surface area contributed by atoms with E-state index in [0.29, 0.717) is 35.7 Å². The summed E-state index contributed by atoms with van der Waals surface area (Å²) in [7, 11) is 2.18. The Morgan fingerprint density at radius 2 is 1.97 bits per heavy atom. The second-order valence-electron chi connectivity index (χ2n) is 8.28. The first-order valence-corrected chi connectivity index (χ1v) is 11.4. The van der Waals surface area contributed by atoms with Crippen LogP contribution in [0.1, 0.15) is 35.5 Å². The molecule has 0 saturated carbocycles. The second-order valence-corrected chi connectivity index (χ2v) is 9.53. The van der Waals surface area contributed by atoms with Crippen molar-refractivity contribution in [1.29, 1.82) is 0 Å². The number of hydrogen-bond donors (Lipinski definition) is 1. The molecular weight excluding hydrogens is 388 g/mol. The van der Waals surface area contributed by atoms with Gasteiger partial charge in [-0.15, -0.1) is 11.3 Å². The second kappa shape index (κ2) is 10.0. The summed E-state index contributed by atoms with van der Waals surface area (Å²) >= 11 is 1.42. The maximum Gasteiger partial charge on any atom is 0.341 e. The van der Waals surface area contributed by atoms with Crippen molar-refractivity contribution in [3.8, 4) is 0 Å². The van der Waals surface area contributed by atoms with Crippen molar-refractivity contribution in [3.63, 3.8) is 0 Å². The Morgan fingerprint density at radius 1 is 1.24 bits per heavy atom. The van der Waals surface area contributed by atoms with Gasteiger partial charge in [0.2, 0.25) is 5.91 Å². The van der Waals surface area contributed by atoms with Gasteiger partial charge in [-0.3, -0.25) is 14.6 Å². The largest absolute Gasteiger partial charge is 0.462 e. The minimum atomic E-state index is -0.381. The molecule has 0 aromatic carbocycles. The molecule has 2 aliphatic heterocycles. The van der Waals surface area contributed by atoms with E-state index in [4.69, 9.17) is 4.74 Å². The molecule has 1 aromatic rings. The Hall–Kier alpha value is -1.48. The molecular formula is C21H34N4O3S. The van der Waals surface area contributed by atoms with Crippen LogP contribution in [-0.4, -0.2) is 92.1 Å². The first kappa shape index (κ1) is 22.2. The molecule has 0 radical (unpaired) electrons. The smallest absolute Gasteiger partial charge is 0.341 e. The molecule has 0 unspecified atom stereocenters. The minimum absolute atomic E-state index is 0.0670. The van der Waals surface area contributed by atoms with Crippen LogP contribution in [0.25, 0.3) is 0 Å². The standard InChI is InChI=1S/C21H34N4O3S/c1-5-28-21(27)17-12-16(3)29-20(17)22-19(26)14-24-7-6-18(15(2)13-24)25-10-8-23(4)9-11-25/h12,15,18H,5-11,13-14H2,1-4H3,(H,22,26)/t15-,18-/m1/s1. The summed E-state index contributed by atoms with van der Waals surface area (Å²) in [4.78, 5) is 33.0. The zero-order valence-electron chi connectivity index (χ0n) is 18.1. The van der Waals surface area contributed by atoms with Gasteiger partial charge in [-0.25, -0.2) is 4.79 Å². The van der Waals surface area contributed by atoms with Crippen molar-refractivity contribution in [2.45, 2.75) is 33.2 Å². The van der Waals surface area contributed by atoms with Crippen molar-refractivity contribution in [1.82, 2.24) is 14.7 Å². The van der Waals surface area contributed by atoms with Crippen molar-refractivity contribution >= 4 is 28.2 Å². The molecule has 3 rings (SSSR count). The van der Waals surface area contributed by atoms with Crippen LogP contribution >= 0.6 is 11.3 Å². The number of piperidine rings is 1. The highest BCUT2D eigenvalue weighted by molar-refractivity contribution is 7.16. The molecule has 2 fully saturated rings. The molecule has 2 aliphatic rings. The Labute approximate surface area is 178 Å². The summed E-state index contributed by atoms with van der Waals surface area (Å²) in [6.07, 6.45) is 1.10. The molecule has 2 saturated heterocycles. The van der Waals surface area contributed by atoms with Gasteiger partial charge in [-0.1, -0.05) is 6.92 Å². The summed E-state index contributed by atoms with van der Waals surface area (Å²) in [5, 5.41) is 3.52. The summed E-state index contributed by atoms with van der Waals surface area (Å²) in [6, 6.07) is 2.39. The first-order valence-electron chi connectivity index (χ1n) is 10.6. The van der Waals surface area contributed by atoms with Crippen LogP contribution in [0.3, 0.4) is 0 Å². The maximum atomic E-state index is 12.6. The molecule has 29 heavy (non-hydrogen) atoms. The highest BCUT2D eigenvalue weighted by atomic mass is 32.1. The van der Waals surface area contributed by atoms with Gasteiger partial charge in [0.1, 0.15) is 5.00 Å². The van der Waals surface area contributed by atoms with Crippen LogP contribution in [0.5, 0.6) is 0 Å². The van der Waals surface area contributed by atoms with Crippen LogP contribution < -0.4 is 5.32 Å². The molecule has 0 bridgehead atoms. The molecule has 0 aliphatic carbocycles. The van der Waals surface area contributed by atoms with E-state index in [1.807, 2.05) is 6.92 Å². The lowest BCUT2D eigenvalue weighted by Gasteiger charge is -2.45. The third kappa shape index (κ3) is 5.78. The van der Waals surface area contributed by atoms with Gasteiger partial charge >= 0.3 is 5.97 Å². The highest BCUT2D eigenvalue weighted by Crippen LogP contribution is 2.29. The molecule has 1 N–H and O–H groups in total. The average Bonchev–Trinajstić information content (AvgIpc) is 3.03. The van der Waals surface area contributed by atoms with Crippen LogP contribution in [0.15, 0.2) is 6.07 Å². The lowest BCUT2D eigenvalue weighted by molar-refractivity contribution is -0.118. The van der Waals surface area contributed by atoms with Crippen LogP contribution in [0.2, 0.25) is 0 Å². The number of nitrogens with one attached hydrogen (secondary N) is 1. The Bertz CT molecular complexity index is 715. The molecule has 1 aromatic heterocycles. The Balaban J connectivity index is 1.51. The van der Waals surface area contributed by atoms with Gasteiger partial charge in [0, 0.05) is 50.2 Å². The van der Waals surface area contributed by atoms with E-state index in [-0.39, 0.29) is 11.9 Å². The number of piperazine rings is 1. The lowest BCUT2D eigenvalue weighted by atomic mass is 9.92. The number of carbonyl (C=O) groups is 2. The number of anilines is 1. The SMILES string of the molecule is CCOC(=O)c1cc(C)sc1NC(=O)CN1CC[C@@H](N2CCN(C)CC2)[C@H](C)C1. The Morgan fingerprint density at radius 3 is 2.62 bits per heavy atom. The number of ether oxygens (including phenoxy) is 1. The molecule has 162 valence electrons. The monoisotopic (exact) mass is 422 g/mol. The molecule has 3 heterocycles.